The summed E-state index contributed by atoms with van der Waals surface area (Å²) in [6.45, 7) is 0. The largest absolute Gasteiger partial charge is 0.445 e. The molecule has 0 spiro atoms. The van der Waals surface area contributed by atoms with Gasteiger partial charge >= 0.3 is 17.4 Å². The minimum Gasteiger partial charge on any atom is -0.445 e. The average Bonchev–Trinajstić information content (AvgIpc) is 2.99. The Kier molecular flexibility index (Phi) is 5.41. The van der Waals surface area contributed by atoms with Crippen LogP contribution in [0.15, 0.2) is 0 Å². The van der Waals surface area contributed by atoms with Crippen molar-refractivity contribution in [2.45, 2.75) is 42.9 Å². The molecule has 2 fully saturated rings. The zero-order chi connectivity index (χ0) is 17.4. The SMILES string of the molecule is O=C(OC(C(F)(F)F)C(F)(F)SOOO)C1CC2CC1CC2O. The van der Waals surface area contributed by atoms with Crippen molar-refractivity contribution in [3.05, 3.63) is 0 Å². The van der Waals surface area contributed by atoms with Gasteiger partial charge in [0.15, 0.2) is 0 Å². The summed E-state index contributed by atoms with van der Waals surface area (Å²) in [5, 5.41) is 15.4. The molecule has 0 amide bonds. The molecule has 134 valence electrons. The molecule has 0 saturated heterocycles. The molecule has 0 heterocycles. The molecular weight excluding hydrogens is 355 g/mol. The van der Waals surface area contributed by atoms with Gasteiger partial charge in [0.05, 0.1) is 12.0 Å². The van der Waals surface area contributed by atoms with Crippen molar-refractivity contribution >= 4 is 18.0 Å². The molecule has 23 heavy (non-hydrogen) atoms. The van der Waals surface area contributed by atoms with Crippen molar-refractivity contribution in [2.24, 2.45) is 17.8 Å². The average molecular weight is 368 g/mol. The first-order valence-corrected chi connectivity index (χ1v) is 7.29. The van der Waals surface area contributed by atoms with Crippen LogP contribution in [-0.2, 0) is 18.9 Å². The Hall–Kier alpha value is -0.690. The number of esters is 1. The van der Waals surface area contributed by atoms with Crippen molar-refractivity contribution in [3.8, 4) is 0 Å². The number of fused-ring (bicyclic) bond motifs is 2. The summed E-state index contributed by atoms with van der Waals surface area (Å²) in [7, 11) is 0. The molecule has 2 aliphatic rings. The standard InChI is InChI=1S/C11H13F5O6S/c12-10(13,14)9(11(15,16)23-22-21-19)20-8(18)6-2-5-1-4(6)3-7(5)17/h4-7,9,17,19H,1-3H2. The molecule has 2 N–H and O–H groups in total. The van der Waals surface area contributed by atoms with Crippen LogP contribution in [0.1, 0.15) is 19.3 Å². The molecule has 2 aliphatic carbocycles. The third kappa shape index (κ3) is 4.05. The maximum Gasteiger partial charge on any atom is 0.432 e. The first-order valence-electron chi connectivity index (χ1n) is 6.55. The fourth-order valence-corrected chi connectivity index (χ4v) is 3.56. The molecule has 0 aliphatic heterocycles. The van der Waals surface area contributed by atoms with Crippen LogP contribution >= 0.6 is 12.0 Å². The molecule has 5 unspecified atom stereocenters. The van der Waals surface area contributed by atoms with E-state index in [-0.39, 0.29) is 24.7 Å². The zero-order valence-electron chi connectivity index (χ0n) is 11.3. The summed E-state index contributed by atoms with van der Waals surface area (Å²) in [4.78, 5) is 11.9. The Labute approximate surface area is 130 Å². The third-order valence-corrected chi connectivity index (χ3v) is 4.70. The van der Waals surface area contributed by atoms with Crippen LogP contribution in [0.3, 0.4) is 0 Å². The Morgan fingerprint density at radius 2 is 1.78 bits per heavy atom. The van der Waals surface area contributed by atoms with Gasteiger partial charge in [-0.3, -0.25) is 4.79 Å². The Morgan fingerprint density at radius 3 is 2.22 bits per heavy atom. The van der Waals surface area contributed by atoms with E-state index in [1.54, 1.807) is 0 Å². The van der Waals surface area contributed by atoms with Crippen molar-refractivity contribution in [2.75, 3.05) is 0 Å². The molecule has 2 rings (SSSR count). The second-order valence-electron chi connectivity index (χ2n) is 5.55. The predicted octanol–water partition coefficient (Wildman–Crippen LogP) is 2.53. The number of aliphatic hydroxyl groups is 1. The van der Waals surface area contributed by atoms with Gasteiger partial charge in [0, 0.05) is 0 Å². The number of halogens is 5. The van der Waals surface area contributed by atoms with E-state index < -0.39 is 47.6 Å². The van der Waals surface area contributed by atoms with Crippen LogP contribution in [0.4, 0.5) is 22.0 Å². The van der Waals surface area contributed by atoms with Gasteiger partial charge < -0.3 is 9.84 Å². The smallest absolute Gasteiger partial charge is 0.432 e. The second kappa shape index (κ2) is 6.67. The number of hydrogen-bond donors (Lipinski definition) is 2. The van der Waals surface area contributed by atoms with Gasteiger partial charge in [0.1, 0.15) is 12.0 Å². The number of carbonyl (C=O) groups excluding carboxylic acids is 1. The monoisotopic (exact) mass is 368 g/mol. The van der Waals surface area contributed by atoms with E-state index in [0.717, 1.165) is 0 Å². The van der Waals surface area contributed by atoms with Gasteiger partial charge in [0.2, 0.25) is 0 Å². The predicted molar refractivity (Wildman–Crippen MR) is 63.6 cm³/mol. The van der Waals surface area contributed by atoms with E-state index in [1.165, 1.54) is 0 Å². The summed E-state index contributed by atoms with van der Waals surface area (Å²) >= 11 is -1.13. The number of aliphatic hydroxyl groups excluding tert-OH is 1. The Balaban J connectivity index is 2.05. The molecule has 0 aromatic carbocycles. The van der Waals surface area contributed by atoms with Crippen LogP contribution in [0.2, 0.25) is 0 Å². The summed E-state index contributed by atoms with van der Waals surface area (Å²) in [6.07, 6.45) is -9.16. The van der Waals surface area contributed by atoms with Crippen LogP contribution in [-0.4, -0.2) is 40.0 Å². The lowest BCUT2D eigenvalue weighted by molar-refractivity contribution is -0.434. The summed E-state index contributed by atoms with van der Waals surface area (Å²) in [6, 6.07) is 0. The van der Waals surface area contributed by atoms with E-state index in [4.69, 9.17) is 5.26 Å². The summed E-state index contributed by atoms with van der Waals surface area (Å²) in [5.41, 5.74) is 0. The summed E-state index contributed by atoms with van der Waals surface area (Å²) in [5.74, 6) is -2.96. The van der Waals surface area contributed by atoms with Gasteiger partial charge in [-0.05, 0) is 31.1 Å². The molecule has 6 nitrogen and oxygen atoms in total. The van der Waals surface area contributed by atoms with Crippen LogP contribution in [0.5, 0.6) is 0 Å². The molecular formula is C11H13F5O6S. The molecule has 2 bridgehead atoms. The van der Waals surface area contributed by atoms with E-state index in [0.29, 0.717) is 6.42 Å². The maximum absolute atomic E-state index is 13.5. The lowest BCUT2D eigenvalue weighted by Crippen LogP contribution is -2.47. The van der Waals surface area contributed by atoms with Crippen molar-refractivity contribution in [1.29, 1.82) is 0 Å². The number of alkyl halides is 5. The van der Waals surface area contributed by atoms with Gasteiger partial charge in [-0.2, -0.15) is 22.0 Å². The number of ether oxygens (including phenoxy) is 1. The van der Waals surface area contributed by atoms with Gasteiger partial charge in [0.25, 0.3) is 6.10 Å². The third-order valence-electron chi connectivity index (χ3n) is 4.13. The highest BCUT2D eigenvalue weighted by Crippen LogP contribution is 2.50. The molecule has 5 atom stereocenters. The van der Waals surface area contributed by atoms with E-state index >= 15 is 0 Å². The lowest BCUT2D eigenvalue weighted by Gasteiger charge is -2.29. The van der Waals surface area contributed by atoms with E-state index in [2.05, 4.69) is 14.1 Å². The maximum atomic E-state index is 13.5. The highest BCUT2D eigenvalue weighted by molar-refractivity contribution is 7.95. The lowest BCUT2D eigenvalue weighted by atomic mass is 9.87. The van der Waals surface area contributed by atoms with Crippen molar-refractivity contribution in [3.63, 3.8) is 0 Å². The van der Waals surface area contributed by atoms with Gasteiger partial charge in [-0.25, -0.2) is 5.26 Å². The van der Waals surface area contributed by atoms with Crippen LogP contribution in [0, 0.1) is 17.8 Å². The van der Waals surface area contributed by atoms with Gasteiger partial charge in [-0.1, -0.05) is 5.04 Å². The highest BCUT2D eigenvalue weighted by atomic mass is 32.2. The van der Waals surface area contributed by atoms with Crippen molar-refractivity contribution < 1.29 is 51.2 Å². The zero-order valence-corrected chi connectivity index (χ0v) is 12.2. The fourth-order valence-electron chi connectivity index (χ4n) is 3.17. The second-order valence-corrected chi connectivity index (χ2v) is 6.39. The molecule has 2 saturated carbocycles. The summed E-state index contributed by atoms with van der Waals surface area (Å²) < 4.78 is 72.6. The number of rotatable bonds is 6. The highest BCUT2D eigenvalue weighted by Gasteiger charge is 2.61. The minimum absolute atomic E-state index is 0.101. The van der Waals surface area contributed by atoms with Crippen LogP contribution < -0.4 is 0 Å². The number of carbonyl (C=O) groups is 1. The molecule has 0 radical (unpaired) electrons. The Morgan fingerprint density at radius 1 is 1.13 bits per heavy atom. The topological polar surface area (TPSA) is 85.2 Å². The Bertz CT molecular complexity index is 445. The van der Waals surface area contributed by atoms with E-state index in [9.17, 15) is 31.9 Å². The van der Waals surface area contributed by atoms with E-state index in [1.807, 2.05) is 0 Å². The molecule has 12 heteroatoms. The first-order chi connectivity index (χ1) is 10.6. The molecule has 0 aromatic heterocycles. The normalized spacial score (nSPS) is 32.1. The fraction of sp³-hybridized carbons (Fsp3) is 0.909. The van der Waals surface area contributed by atoms with Gasteiger partial charge in [-0.15, -0.1) is 4.33 Å². The first kappa shape index (κ1) is 18.6. The molecule has 0 aromatic rings. The minimum atomic E-state index is -5.55. The quantitative estimate of drug-likeness (QED) is 0.245. The van der Waals surface area contributed by atoms with Crippen molar-refractivity contribution in [1.82, 2.24) is 0 Å². The number of hydrogen-bond acceptors (Lipinski definition) is 7. The van der Waals surface area contributed by atoms with Crippen LogP contribution in [0.25, 0.3) is 0 Å².